The highest BCUT2D eigenvalue weighted by atomic mass is 15.3. The van der Waals surface area contributed by atoms with Gasteiger partial charge in [-0.2, -0.15) is 0 Å². The number of hydrogen-bond donors (Lipinski definition) is 2. The van der Waals surface area contributed by atoms with Crippen molar-refractivity contribution in [1.29, 1.82) is 0 Å². The fourth-order valence-electron chi connectivity index (χ4n) is 4.69. The maximum absolute atomic E-state index is 4.90. The van der Waals surface area contributed by atoms with E-state index in [0.29, 0.717) is 18.6 Å². The van der Waals surface area contributed by atoms with Crippen LogP contribution in [0.15, 0.2) is 53.7 Å². The first-order valence-electron chi connectivity index (χ1n) is 12.3. The molecule has 0 aliphatic carbocycles. The van der Waals surface area contributed by atoms with Crippen molar-refractivity contribution in [3.63, 3.8) is 0 Å². The van der Waals surface area contributed by atoms with Crippen LogP contribution >= 0.6 is 0 Å². The van der Waals surface area contributed by atoms with Gasteiger partial charge in [0.25, 0.3) is 0 Å². The number of guanidine groups is 1. The first kappa shape index (κ1) is 23.5. The van der Waals surface area contributed by atoms with Crippen LogP contribution in [0, 0.1) is 0 Å². The maximum atomic E-state index is 4.90. The summed E-state index contributed by atoms with van der Waals surface area (Å²) in [5.74, 6) is 1.96. The SMILES string of the molecule is CCNC(=NCc1ccnc(N2CCN(C)CC2)c1)NC1CC(C)N(Cc2ccccc2)C1. The Labute approximate surface area is 198 Å². The van der Waals surface area contributed by atoms with Crippen LogP contribution in [0.4, 0.5) is 5.82 Å². The molecule has 0 amide bonds. The van der Waals surface area contributed by atoms with Crippen LogP contribution in [0.3, 0.4) is 0 Å². The van der Waals surface area contributed by atoms with Crippen molar-refractivity contribution in [1.82, 2.24) is 25.4 Å². The quantitative estimate of drug-likeness (QED) is 0.501. The van der Waals surface area contributed by atoms with Gasteiger partial charge in [-0.1, -0.05) is 30.3 Å². The number of hydrogen-bond acceptors (Lipinski definition) is 5. The van der Waals surface area contributed by atoms with E-state index in [4.69, 9.17) is 4.99 Å². The minimum absolute atomic E-state index is 0.403. The number of aromatic nitrogens is 1. The molecule has 2 aliphatic rings. The summed E-state index contributed by atoms with van der Waals surface area (Å²) in [6.07, 6.45) is 3.04. The molecule has 0 spiro atoms. The lowest BCUT2D eigenvalue weighted by Gasteiger charge is -2.33. The van der Waals surface area contributed by atoms with Crippen molar-refractivity contribution in [2.24, 2.45) is 4.99 Å². The summed E-state index contributed by atoms with van der Waals surface area (Å²) in [6, 6.07) is 16.0. The molecule has 178 valence electrons. The third-order valence-electron chi connectivity index (χ3n) is 6.67. The summed E-state index contributed by atoms with van der Waals surface area (Å²) in [6.45, 7) is 12.2. The Bertz CT molecular complexity index is 893. The predicted octanol–water partition coefficient (Wildman–Crippen LogP) is 2.55. The van der Waals surface area contributed by atoms with Crippen molar-refractivity contribution in [2.75, 3.05) is 51.2 Å². The van der Waals surface area contributed by atoms with Crippen LogP contribution in [0.5, 0.6) is 0 Å². The minimum atomic E-state index is 0.403. The van der Waals surface area contributed by atoms with Gasteiger partial charge < -0.3 is 20.4 Å². The summed E-state index contributed by atoms with van der Waals surface area (Å²) >= 11 is 0. The van der Waals surface area contributed by atoms with Crippen molar-refractivity contribution < 1.29 is 0 Å². The zero-order valence-electron chi connectivity index (χ0n) is 20.4. The van der Waals surface area contributed by atoms with Crippen LogP contribution in [0.1, 0.15) is 31.4 Å². The van der Waals surface area contributed by atoms with Gasteiger partial charge in [-0.25, -0.2) is 9.98 Å². The Balaban J connectivity index is 1.34. The van der Waals surface area contributed by atoms with Gasteiger partial charge >= 0.3 is 0 Å². The van der Waals surface area contributed by atoms with Crippen molar-refractivity contribution in [3.8, 4) is 0 Å². The molecule has 1 aromatic heterocycles. The molecule has 2 saturated heterocycles. The molecule has 33 heavy (non-hydrogen) atoms. The van der Waals surface area contributed by atoms with Crippen molar-refractivity contribution >= 4 is 11.8 Å². The molecule has 1 aromatic carbocycles. The van der Waals surface area contributed by atoms with Gasteiger partial charge in [-0.15, -0.1) is 0 Å². The number of pyridine rings is 1. The molecule has 0 radical (unpaired) electrons. The molecule has 4 rings (SSSR count). The number of nitrogens with zero attached hydrogens (tertiary/aromatic N) is 5. The fraction of sp³-hybridized carbons (Fsp3) is 0.538. The van der Waals surface area contributed by atoms with Crippen molar-refractivity contribution in [3.05, 3.63) is 59.8 Å². The first-order chi connectivity index (χ1) is 16.1. The van der Waals surface area contributed by atoms with E-state index in [1.165, 1.54) is 11.1 Å². The Kier molecular flexibility index (Phi) is 8.18. The topological polar surface area (TPSA) is 59.0 Å². The molecular weight excluding hydrogens is 410 g/mol. The van der Waals surface area contributed by atoms with E-state index < -0.39 is 0 Å². The van der Waals surface area contributed by atoms with Crippen molar-refractivity contribution in [2.45, 2.75) is 45.4 Å². The number of piperazine rings is 1. The van der Waals surface area contributed by atoms with E-state index in [1.54, 1.807) is 0 Å². The number of nitrogens with one attached hydrogen (secondary N) is 2. The summed E-state index contributed by atoms with van der Waals surface area (Å²) in [5, 5.41) is 7.11. The second kappa shape index (κ2) is 11.5. The number of benzene rings is 1. The van der Waals surface area contributed by atoms with Crippen LogP contribution in [0.2, 0.25) is 0 Å². The van der Waals surface area contributed by atoms with Gasteiger partial charge in [0.15, 0.2) is 5.96 Å². The lowest BCUT2D eigenvalue weighted by molar-refractivity contribution is 0.258. The Morgan fingerprint density at radius 3 is 2.64 bits per heavy atom. The second-order valence-corrected chi connectivity index (χ2v) is 9.35. The second-order valence-electron chi connectivity index (χ2n) is 9.35. The molecule has 7 nitrogen and oxygen atoms in total. The van der Waals surface area contributed by atoms with Gasteiger partial charge in [-0.3, -0.25) is 4.90 Å². The normalized spacial score (nSPS) is 22.5. The first-order valence-corrected chi connectivity index (χ1v) is 12.3. The molecule has 2 aliphatic heterocycles. The van der Waals surface area contributed by atoms with E-state index >= 15 is 0 Å². The lowest BCUT2D eigenvalue weighted by Crippen LogP contribution is -2.45. The highest BCUT2D eigenvalue weighted by molar-refractivity contribution is 5.80. The van der Waals surface area contributed by atoms with Gasteiger partial charge in [0.1, 0.15) is 5.82 Å². The van der Waals surface area contributed by atoms with E-state index in [0.717, 1.165) is 64.0 Å². The number of anilines is 1. The number of aliphatic imine (C=N–C) groups is 1. The molecular formula is C26H39N7. The lowest BCUT2D eigenvalue weighted by atomic mass is 10.2. The highest BCUT2D eigenvalue weighted by Crippen LogP contribution is 2.20. The summed E-state index contributed by atoms with van der Waals surface area (Å²) in [4.78, 5) is 16.8. The van der Waals surface area contributed by atoms with Crippen LogP contribution in [0.25, 0.3) is 0 Å². The Morgan fingerprint density at radius 2 is 1.88 bits per heavy atom. The van der Waals surface area contributed by atoms with Crippen LogP contribution < -0.4 is 15.5 Å². The standard InChI is InChI=1S/C26H39N7/c1-4-27-26(30-24-16-21(2)33(20-24)19-22-8-6-5-7-9-22)29-18-23-10-11-28-25(17-23)32-14-12-31(3)13-15-32/h5-11,17,21,24H,4,12-16,18-20H2,1-3H3,(H2,27,29,30). The van der Waals surface area contributed by atoms with E-state index in [-0.39, 0.29) is 0 Å². The number of rotatable bonds is 7. The Morgan fingerprint density at radius 1 is 1.09 bits per heavy atom. The smallest absolute Gasteiger partial charge is 0.191 e. The van der Waals surface area contributed by atoms with E-state index in [1.807, 2.05) is 6.20 Å². The van der Waals surface area contributed by atoms with Gasteiger partial charge in [0, 0.05) is 64.1 Å². The van der Waals surface area contributed by atoms with Crippen LogP contribution in [-0.4, -0.2) is 79.1 Å². The molecule has 2 aromatic rings. The zero-order chi connectivity index (χ0) is 23.0. The number of likely N-dealkylation sites (tertiary alicyclic amines) is 1. The van der Waals surface area contributed by atoms with Gasteiger partial charge in [0.2, 0.25) is 0 Å². The van der Waals surface area contributed by atoms with E-state index in [2.05, 4.69) is 93.7 Å². The molecule has 7 heteroatoms. The summed E-state index contributed by atoms with van der Waals surface area (Å²) < 4.78 is 0. The minimum Gasteiger partial charge on any atom is -0.357 e. The third-order valence-corrected chi connectivity index (χ3v) is 6.67. The predicted molar refractivity (Wildman–Crippen MR) is 137 cm³/mol. The molecule has 0 saturated carbocycles. The molecule has 2 unspecified atom stereocenters. The number of likely N-dealkylation sites (N-methyl/N-ethyl adjacent to an activating group) is 1. The zero-order valence-corrected chi connectivity index (χ0v) is 20.4. The highest BCUT2D eigenvalue weighted by Gasteiger charge is 2.29. The third kappa shape index (κ3) is 6.68. The molecule has 0 bridgehead atoms. The largest absolute Gasteiger partial charge is 0.357 e. The average Bonchev–Trinajstić information content (AvgIpc) is 3.17. The molecule has 2 N–H and O–H groups in total. The summed E-state index contributed by atoms with van der Waals surface area (Å²) in [7, 11) is 2.18. The van der Waals surface area contributed by atoms with Gasteiger partial charge in [-0.05, 0) is 50.6 Å². The molecule has 2 atom stereocenters. The van der Waals surface area contributed by atoms with Gasteiger partial charge in [0.05, 0.1) is 6.54 Å². The monoisotopic (exact) mass is 449 g/mol. The average molecular weight is 450 g/mol. The Hall–Kier alpha value is -2.64. The molecule has 3 heterocycles. The van der Waals surface area contributed by atoms with E-state index in [9.17, 15) is 0 Å². The fourth-order valence-corrected chi connectivity index (χ4v) is 4.69. The maximum Gasteiger partial charge on any atom is 0.191 e. The summed E-state index contributed by atoms with van der Waals surface area (Å²) in [5.41, 5.74) is 2.57. The molecule has 2 fully saturated rings. The van der Waals surface area contributed by atoms with Crippen LogP contribution in [-0.2, 0) is 13.1 Å².